The summed E-state index contributed by atoms with van der Waals surface area (Å²) in [5.74, 6) is -9.41. The van der Waals surface area contributed by atoms with Gasteiger partial charge in [0.15, 0.2) is 23.3 Å². The molecule has 2 aliphatic heterocycles. The molecule has 2 amide bonds. The zero-order chi connectivity index (χ0) is 36.8. The third-order valence-electron chi connectivity index (χ3n) is 6.00. The van der Waals surface area contributed by atoms with Crippen LogP contribution in [0.5, 0.6) is 0 Å². The SMILES string of the molecule is [N-]=[N+]=Nc1c(F)c(F)c(C=NOCCCCOC2(N)C=CN([C@H]3C[C@H](O)[C@@H](COP(=O)(O)OP(=O)(O)OP(=O)(O)O)O3)C(=O)N2)c(F)c1F. The summed E-state index contributed by atoms with van der Waals surface area (Å²) in [6.45, 7) is -1.21. The summed E-state index contributed by atoms with van der Waals surface area (Å²) < 4.78 is 112. The van der Waals surface area contributed by atoms with Crippen molar-refractivity contribution in [2.24, 2.45) is 16.0 Å². The van der Waals surface area contributed by atoms with Gasteiger partial charge in [0, 0.05) is 23.6 Å². The summed E-state index contributed by atoms with van der Waals surface area (Å²) in [6.07, 6.45) is -1.15. The van der Waals surface area contributed by atoms with E-state index in [1.807, 2.05) is 0 Å². The summed E-state index contributed by atoms with van der Waals surface area (Å²) in [4.78, 5) is 56.4. The molecule has 0 radical (unpaired) electrons. The van der Waals surface area contributed by atoms with Gasteiger partial charge in [-0.15, -0.1) is 0 Å². The summed E-state index contributed by atoms with van der Waals surface area (Å²) in [7, 11) is -16.9. The number of hydrogen-bond donors (Lipinski definition) is 7. The van der Waals surface area contributed by atoms with E-state index in [1.165, 1.54) is 6.08 Å². The third-order valence-corrected chi connectivity index (χ3v) is 9.80. The number of phosphoric ester groups is 1. The number of urea groups is 1. The van der Waals surface area contributed by atoms with Crippen LogP contribution in [0, 0.1) is 23.3 Å². The molecule has 1 aromatic rings. The van der Waals surface area contributed by atoms with Crippen LogP contribution in [0.1, 0.15) is 24.8 Å². The maximum absolute atomic E-state index is 14.0. The van der Waals surface area contributed by atoms with Crippen LogP contribution in [0.3, 0.4) is 0 Å². The van der Waals surface area contributed by atoms with E-state index >= 15 is 0 Å². The molecule has 1 saturated heterocycles. The molecule has 0 saturated carbocycles. The minimum absolute atomic E-state index is 0.0872. The number of ether oxygens (including phenoxy) is 2. The number of carbonyl (C=O) groups is 1. The van der Waals surface area contributed by atoms with E-state index < -0.39 is 94.9 Å². The molecule has 49 heavy (non-hydrogen) atoms. The molecule has 0 aliphatic carbocycles. The highest BCUT2D eigenvalue weighted by atomic mass is 31.3. The number of amides is 2. The largest absolute Gasteiger partial charge is 0.490 e. The van der Waals surface area contributed by atoms with Gasteiger partial charge in [0.05, 0.1) is 31.1 Å². The van der Waals surface area contributed by atoms with Gasteiger partial charge >= 0.3 is 29.5 Å². The first-order valence-corrected chi connectivity index (χ1v) is 17.6. The topological polar surface area (TPSA) is 327 Å². The molecule has 22 nitrogen and oxygen atoms in total. The molecule has 0 spiro atoms. The molecule has 6 atom stereocenters. The van der Waals surface area contributed by atoms with Gasteiger partial charge in [0.25, 0.3) is 0 Å². The van der Waals surface area contributed by atoms with Crippen molar-refractivity contribution in [3.05, 3.63) is 51.6 Å². The normalized spacial score (nSPS) is 25.1. The highest BCUT2D eigenvalue weighted by Gasteiger charge is 2.45. The average molecular weight is 773 g/mol. The molecule has 2 heterocycles. The van der Waals surface area contributed by atoms with Crippen LogP contribution in [0.2, 0.25) is 0 Å². The van der Waals surface area contributed by atoms with E-state index in [1.54, 1.807) is 0 Å². The number of halogens is 4. The van der Waals surface area contributed by atoms with Crippen molar-refractivity contribution in [3.63, 3.8) is 0 Å². The number of hydrogen-bond acceptors (Lipinski definition) is 14. The second kappa shape index (κ2) is 16.3. The number of benzene rings is 1. The molecular weight excluding hydrogens is 747 g/mol. The lowest BCUT2D eigenvalue weighted by Crippen LogP contribution is -2.63. The Labute approximate surface area is 271 Å². The molecule has 0 bridgehead atoms. The van der Waals surface area contributed by atoms with Gasteiger partial charge < -0.3 is 39.0 Å². The Kier molecular flexibility index (Phi) is 13.5. The van der Waals surface area contributed by atoms with Gasteiger partial charge in [-0.25, -0.2) is 36.1 Å². The second-order valence-electron chi connectivity index (χ2n) is 9.60. The number of carbonyl (C=O) groups excluding carboxylic acids is 1. The molecule has 1 fully saturated rings. The van der Waals surface area contributed by atoms with Gasteiger partial charge in [0.1, 0.15) is 24.6 Å². The maximum atomic E-state index is 14.0. The Morgan fingerprint density at radius 1 is 1.08 bits per heavy atom. The minimum atomic E-state index is -5.77. The quantitative estimate of drug-likeness (QED) is 0.0114. The number of nitrogens with two attached hydrogens (primary N) is 1. The number of nitrogens with one attached hydrogen (secondary N) is 1. The van der Waals surface area contributed by atoms with Crippen LogP contribution >= 0.6 is 23.5 Å². The number of aliphatic hydroxyl groups is 1. The Bertz CT molecular complexity index is 1640. The molecule has 29 heteroatoms. The van der Waals surface area contributed by atoms with Gasteiger partial charge in [-0.05, 0) is 18.4 Å². The summed E-state index contributed by atoms with van der Waals surface area (Å²) in [5, 5.41) is 18.4. The molecule has 8 N–H and O–H groups in total. The molecule has 2 aliphatic rings. The average Bonchev–Trinajstić information content (AvgIpc) is 3.34. The van der Waals surface area contributed by atoms with E-state index in [2.05, 4.69) is 33.6 Å². The lowest BCUT2D eigenvalue weighted by molar-refractivity contribution is -0.0662. The fraction of sp³-hybridized carbons (Fsp3) is 0.500. The van der Waals surface area contributed by atoms with Gasteiger partial charge in [0.2, 0.25) is 5.85 Å². The Balaban J connectivity index is 1.43. The van der Waals surface area contributed by atoms with Gasteiger partial charge in [-0.1, -0.05) is 10.3 Å². The first kappa shape index (κ1) is 40.4. The molecule has 274 valence electrons. The van der Waals surface area contributed by atoms with Crippen LogP contribution in [0.25, 0.3) is 10.4 Å². The van der Waals surface area contributed by atoms with Crippen LogP contribution < -0.4 is 11.1 Å². The first-order valence-electron chi connectivity index (χ1n) is 13.1. The minimum Gasteiger partial charge on any atom is -0.396 e. The molecular formula is C20H26F4N7O15P3. The third kappa shape index (κ3) is 11.5. The predicted molar refractivity (Wildman–Crippen MR) is 149 cm³/mol. The highest BCUT2D eigenvalue weighted by Crippen LogP contribution is 2.66. The van der Waals surface area contributed by atoms with Crippen molar-refractivity contribution in [2.45, 2.75) is 43.5 Å². The monoisotopic (exact) mass is 773 g/mol. The van der Waals surface area contributed by atoms with Crippen molar-refractivity contribution in [1.29, 1.82) is 0 Å². The standard InChI is InChI=1S/C20H26F4N7O15P3/c21-14-10(15(22)17(24)18(16(14)23)29-30-26)8-27-42-6-2-1-5-41-20(25)3-4-31(19(33)28-20)13-7-11(32)12(44-13)9-43-48(37,38)46-49(39,40)45-47(34,35)36/h3-4,8,11-13,32H,1-2,5-7,9,25H2,(H,28,33)(H,37,38)(H,39,40)(H2,34,35,36)/t11-,12+,13+,20?/m0/s1. The molecule has 1 aromatic carbocycles. The number of azide groups is 1. The summed E-state index contributed by atoms with van der Waals surface area (Å²) >= 11 is 0. The smallest absolute Gasteiger partial charge is 0.396 e. The first-order chi connectivity index (χ1) is 22.7. The predicted octanol–water partition coefficient (Wildman–Crippen LogP) is 2.30. The van der Waals surface area contributed by atoms with Crippen LogP contribution in [-0.4, -0.2) is 85.9 Å². The number of phosphoric acid groups is 3. The van der Waals surface area contributed by atoms with Crippen molar-refractivity contribution in [2.75, 3.05) is 19.8 Å². The van der Waals surface area contributed by atoms with Crippen molar-refractivity contribution in [3.8, 4) is 0 Å². The van der Waals surface area contributed by atoms with Crippen molar-refractivity contribution >= 4 is 41.4 Å². The Morgan fingerprint density at radius 2 is 1.71 bits per heavy atom. The number of oxime groups is 1. The lowest BCUT2D eigenvalue weighted by atomic mass is 10.1. The molecule has 3 unspecified atom stereocenters. The summed E-state index contributed by atoms with van der Waals surface area (Å²) in [6, 6.07) is -0.881. The maximum Gasteiger partial charge on any atom is 0.490 e. The highest BCUT2D eigenvalue weighted by molar-refractivity contribution is 7.66. The van der Waals surface area contributed by atoms with E-state index in [0.717, 1.165) is 11.1 Å². The van der Waals surface area contributed by atoms with Crippen LogP contribution in [0.15, 0.2) is 22.5 Å². The lowest BCUT2D eigenvalue weighted by Gasteiger charge is -2.36. The zero-order valence-corrected chi connectivity index (χ0v) is 26.9. The second-order valence-corrected chi connectivity index (χ2v) is 14.0. The van der Waals surface area contributed by atoms with Gasteiger partial charge in [-0.3, -0.25) is 20.5 Å². The van der Waals surface area contributed by atoms with E-state index in [9.17, 15) is 50.9 Å². The van der Waals surface area contributed by atoms with Crippen LogP contribution in [-0.2, 0) is 41.2 Å². The fourth-order valence-corrected chi connectivity index (χ4v) is 6.92. The Morgan fingerprint density at radius 3 is 2.31 bits per heavy atom. The van der Waals surface area contributed by atoms with E-state index in [0.29, 0.717) is 6.21 Å². The van der Waals surface area contributed by atoms with Crippen molar-refractivity contribution < 1.29 is 88.2 Å². The number of aliphatic hydroxyl groups excluding tert-OH is 1. The Hall–Kier alpha value is -3.02. The van der Waals surface area contributed by atoms with E-state index in [-0.39, 0.29) is 32.5 Å². The van der Waals surface area contributed by atoms with Crippen molar-refractivity contribution in [1.82, 2.24) is 10.2 Å². The summed E-state index contributed by atoms with van der Waals surface area (Å²) in [5.41, 5.74) is 11.5. The zero-order valence-electron chi connectivity index (χ0n) is 24.2. The van der Waals surface area contributed by atoms with Crippen LogP contribution in [0.4, 0.5) is 28.0 Å². The molecule has 3 rings (SSSR count). The fourth-order valence-electron chi connectivity index (χ4n) is 3.89. The number of rotatable bonds is 17. The molecule has 0 aromatic heterocycles. The van der Waals surface area contributed by atoms with Gasteiger partial charge in [-0.2, -0.15) is 8.62 Å². The van der Waals surface area contributed by atoms with E-state index in [4.69, 9.17) is 35.4 Å². The number of nitrogens with zero attached hydrogens (tertiary/aromatic N) is 5. The number of unbranched alkanes of at least 4 members (excludes halogenated alkanes) is 1.